The fraction of sp³-hybridized carbons (Fsp3) is 0.143. The van der Waals surface area contributed by atoms with Crippen LogP contribution in [-0.2, 0) is 19.7 Å². The van der Waals surface area contributed by atoms with E-state index < -0.39 is 0 Å². The molecule has 0 unspecified atom stereocenters. The molecule has 0 radical (unpaired) electrons. The van der Waals surface area contributed by atoms with Gasteiger partial charge in [-0.1, -0.05) is 71.7 Å². The fourth-order valence-electron chi connectivity index (χ4n) is 2.46. The molecule has 0 aliphatic rings. The van der Waals surface area contributed by atoms with Crippen LogP contribution in [0.3, 0.4) is 0 Å². The first-order chi connectivity index (χ1) is 12.2. The monoisotopic (exact) mass is 407 g/mol. The van der Waals surface area contributed by atoms with Gasteiger partial charge in [0.05, 0.1) is 0 Å². The highest BCUT2D eigenvalue weighted by atomic mass is 35.5. The lowest BCUT2D eigenvalue weighted by Gasteiger charge is -2.09. The third-order valence-electron chi connectivity index (χ3n) is 3.88. The van der Waals surface area contributed by atoms with Crippen LogP contribution in [0.2, 0.25) is 10.0 Å². The predicted molar refractivity (Wildman–Crippen MR) is 111 cm³/mol. The smallest absolute Gasteiger partial charge is 0.119 e. The first-order valence-corrected chi connectivity index (χ1v) is 8.87. The van der Waals surface area contributed by atoms with Crippen molar-refractivity contribution in [1.29, 1.82) is 0 Å². The Labute approximate surface area is 170 Å². The third-order valence-corrected chi connectivity index (χ3v) is 4.62. The minimum absolute atomic E-state index is 0. The van der Waals surface area contributed by atoms with Gasteiger partial charge in [-0.2, -0.15) is 0 Å². The molecule has 0 aliphatic heterocycles. The van der Waals surface area contributed by atoms with Crippen molar-refractivity contribution in [3.8, 4) is 5.75 Å². The summed E-state index contributed by atoms with van der Waals surface area (Å²) in [4.78, 5) is 0. The van der Waals surface area contributed by atoms with Crippen LogP contribution < -0.4 is 10.1 Å². The Hall–Kier alpha value is -1.71. The van der Waals surface area contributed by atoms with Gasteiger partial charge >= 0.3 is 0 Å². The van der Waals surface area contributed by atoms with Crippen LogP contribution >= 0.6 is 35.6 Å². The lowest BCUT2D eigenvalue weighted by atomic mass is 10.2. The van der Waals surface area contributed by atoms with E-state index in [2.05, 4.69) is 17.4 Å². The molecular weight excluding hydrogens is 389 g/mol. The zero-order valence-corrected chi connectivity index (χ0v) is 16.5. The van der Waals surface area contributed by atoms with E-state index in [0.717, 1.165) is 40.0 Å². The van der Waals surface area contributed by atoms with E-state index in [1.54, 1.807) is 0 Å². The van der Waals surface area contributed by atoms with Crippen molar-refractivity contribution in [1.82, 2.24) is 5.32 Å². The van der Waals surface area contributed by atoms with Crippen molar-refractivity contribution < 1.29 is 4.74 Å². The maximum Gasteiger partial charge on any atom is 0.119 e. The van der Waals surface area contributed by atoms with E-state index in [1.807, 2.05) is 60.7 Å². The summed E-state index contributed by atoms with van der Waals surface area (Å²) in [7, 11) is 0. The predicted octanol–water partition coefficient (Wildman–Crippen LogP) is 6.28. The molecule has 0 amide bonds. The molecule has 0 bridgehead atoms. The van der Waals surface area contributed by atoms with E-state index in [-0.39, 0.29) is 12.4 Å². The van der Waals surface area contributed by atoms with Crippen LogP contribution in [0.1, 0.15) is 16.7 Å². The quantitative estimate of drug-likeness (QED) is 0.496. The van der Waals surface area contributed by atoms with E-state index >= 15 is 0 Å². The van der Waals surface area contributed by atoms with Gasteiger partial charge in [0, 0.05) is 28.7 Å². The number of halogens is 3. The van der Waals surface area contributed by atoms with Crippen LogP contribution in [-0.4, -0.2) is 0 Å². The van der Waals surface area contributed by atoms with Crippen molar-refractivity contribution in [2.45, 2.75) is 19.7 Å². The van der Waals surface area contributed by atoms with Gasteiger partial charge < -0.3 is 10.1 Å². The molecule has 0 spiro atoms. The molecule has 0 aliphatic carbocycles. The molecule has 0 atom stereocenters. The lowest BCUT2D eigenvalue weighted by Crippen LogP contribution is -2.12. The highest BCUT2D eigenvalue weighted by Crippen LogP contribution is 2.19. The van der Waals surface area contributed by atoms with Gasteiger partial charge in [-0.05, 0) is 35.4 Å². The summed E-state index contributed by atoms with van der Waals surface area (Å²) < 4.78 is 5.80. The molecule has 3 rings (SSSR count). The largest absolute Gasteiger partial charge is 0.489 e. The molecule has 0 saturated carbocycles. The topological polar surface area (TPSA) is 21.3 Å². The minimum Gasteiger partial charge on any atom is -0.489 e. The second kappa shape index (κ2) is 10.4. The van der Waals surface area contributed by atoms with Crippen LogP contribution in [0.15, 0.2) is 72.8 Å². The van der Waals surface area contributed by atoms with Crippen molar-refractivity contribution in [2.75, 3.05) is 0 Å². The first-order valence-electron chi connectivity index (χ1n) is 8.11. The number of benzene rings is 3. The SMILES string of the molecule is Cl.Clc1ccccc1CNCc1ccc(OCc2ccccc2Cl)cc1. The molecule has 1 N–H and O–H groups in total. The molecule has 0 heterocycles. The highest BCUT2D eigenvalue weighted by Gasteiger charge is 2.02. The Bertz CT molecular complexity index is 821. The lowest BCUT2D eigenvalue weighted by molar-refractivity contribution is 0.306. The van der Waals surface area contributed by atoms with Crippen LogP contribution in [0, 0.1) is 0 Å². The maximum atomic E-state index is 6.16. The van der Waals surface area contributed by atoms with Crippen molar-refractivity contribution >= 4 is 35.6 Å². The molecule has 3 aromatic carbocycles. The Morgan fingerprint density at radius 1 is 0.692 bits per heavy atom. The summed E-state index contributed by atoms with van der Waals surface area (Å²) in [6.07, 6.45) is 0. The van der Waals surface area contributed by atoms with Crippen LogP contribution in [0.4, 0.5) is 0 Å². The molecule has 26 heavy (non-hydrogen) atoms. The number of ether oxygens (including phenoxy) is 1. The molecule has 5 heteroatoms. The second-order valence-electron chi connectivity index (χ2n) is 5.72. The summed E-state index contributed by atoms with van der Waals surface area (Å²) in [6, 6.07) is 23.6. The zero-order chi connectivity index (χ0) is 17.5. The normalized spacial score (nSPS) is 10.2. The van der Waals surface area contributed by atoms with Crippen molar-refractivity contribution in [2.24, 2.45) is 0 Å². The molecule has 0 aromatic heterocycles. The van der Waals surface area contributed by atoms with Gasteiger partial charge in [-0.15, -0.1) is 12.4 Å². The Kier molecular flexibility index (Phi) is 8.27. The molecule has 0 fully saturated rings. The summed E-state index contributed by atoms with van der Waals surface area (Å²) in [6.45, 7) is 1.98. The number of hydrogen-bond donors (Lipinski definition) is 1. The molecule has 3 aromatic rings. The van der Waals surface area contributed by atoms with Gasteiger partial charge in [0.25, 0.3) is 0 Å². The summed E-state index contributed by atoms with van der Waals surface area (Å²) in [5.41, 5.74) is 3.27. The van der Waals surface area contributed by atoms with E-state index in [9.17, 15) is 0 Å². The van der Waals surface area contributed by atoms with Gasteiger partial charge in [0.2, 0.25) is 0 Å². The van der Waals surface area contributed by atoms with Gasteiger partial charge in [-0.25, -0.2) is 0 Å². The maximum absolute atomic E-state index is 6.16. The fourth-order valence-corrected chi connectivity index (χ4v) is 2.86. The number of rotatable bonds is 7. The summed E-state index contributed by atoms with van der Waals surface area (Å²) in [5.74, 6) is 0.828. The summed E-state index contributed by atoms with van der Waals surface area (Å²) in [5, 5.41) is 4.92. The Morgan fingerprint density at radius 2 is 1.27 bits per heavy atom. The molecule has 0 saturated heterocycles. The number of nitrogens with one attached hydrogen (secondary N) is 1. The minimum atomic E-state index is 0. The highest BCUT2D eigenvalue weighted by molar-refractivity contribution is 6.31. The Morgan fingerprint density at radius 3 is 1.88 bits per heavy atom. The molecule has 2 nitrogen and oxygen atoms in total. The average molecular weight is 409 g/mol. The standard InChI is InChI=1S/C21H19Cl2NO.ClH/c22-20-7-3-1-5-17(20)14-24-13-16-9-11-19(12-10-16)25-15-18-6-2-4-8-21(18)23;/h1-12,24H,13-15H2;1H. The molecule has 136 valence electrons. The van der Waals surface area contributed by atoms with E-state index in [0.29, 0.717) is 6.61 Å². The van der Waals surface area contributed by atoms with Crippen LogP contribution in [0.5, 0.6) is 5.75 Å². The summed E-state index contributed by atoms with van der Waals surface area (Å²) >= 11 is 12.3. The number of hydrogen-bond acceptors (Lipinski definition) is 2. The van der Waals surface area contributed by atoms with E-state index in [1.165, 1.54) is 5.56 Å². The van der Waals surface area contributed by atoms with Gasteiger partial charge in [0.1, 0.15) is 12.4 Å². The van der Waals surface area contributed by atoms with Crippen LogP contribution in [0.25, 0.3) is 0 Å². The second-order valence-corrected chi connectivity index (χ2v) is 6.53. The van der Waals surface area contributed by atoms with Gasteiger partial charge in [0.15, 0.2) is 0 Å². The zero-order valence-electron chi connectivity index (χ0n) is 14.1. The third kappa shape index (κ3) is 5.93. The Balaban J connectivity index is 0.00000243. The molecular formula is C21H20Cl3NO. The van der Waals surface area contributed by atoms with E-state index in [4.69, 9.17) is 27.9 Å². The average Bonchev–Trinajstić information content (AvgIpc) is 2.64. The van der Waals surface area contributed by atoms with Crippen molar-refractivity contribution in [3.05, 3.63) is 99.5 Å². The van der Waals surface area contributed by atoms with Gasteiger partial charge in [-0.3, -0.25) is 0 Å². The van der Waals surface area contributed by atoms with Crippen molar-refractivity contribution in [3.63, 3.8) is 0 Å². The first kappa shape index (κ1) is 20.6.